The van der Waals surface area contributed by atoms with Gasteiger partial charge in [0.1, 0.15) is 6.54 Å². The maximum atomic E-state index is 11.7. The fourth-order valence-electron chi connectivity index (χ4n) is 2.38. The molecule has 0 bridgehead atoms. The number of para-hydroxylation sites is 1. The summed E-state index contributed by atoms with van der Waals surface area (Å²) < 4.78 is 0. The number of aliphatic imine (C=N–C) groups is 1. The van der Waals surface area contributed by atoms with E-state index in [4.69, 9.17) is 5.73 Å². The number of hydrogen-bond donors (Lipinski definition) is 3. The van der Waals surface area contributed by atoms with Crippen LogP contribution in [0.4, 0.5) is 5.69 Å². The number of hydrogen-bond acceptors (Lipinski definition) is 2. The summed E-state index contributed by atoms with van der Waals surface area (Å²) in [6.07, 6.45) is 6.03. The molecule has 1 aromatic carbocycles. The van der Waals surface area contributed by atoms with Crippen molar-refractivity contribution in [3.8, 4) is 0 Å². The lowest BCUT2D eigenvalue weighted by Gasteiger charge is -2.23. The molecule has 0 heterocycles. The largest absolute Gasteiger partial charge is 0.370 e. The number of nitrogens with one attached hydrogen (secondary N) is 2. The number of rotatable bonds is 4. The van der Waals surface area contributed by atoms with E-state index in [2.05, 4.69) is 15.6 Å². The van der Waals surface area contributed by atoms with Crippen LogP contribution in [0.2, 0.25) is 0 Å². The fraction of sp³-hybridized carbons (Fsp3) is 0.467. The molecular formula is C15H23IN4O. The SMILES string of the molecule is I.NC(=NCC(=O)Nc1ccccc1)NC1CCCCC1. The maximum absolute atomic E-state index is 11.7. The number of nitrogens with zero attached hydrogens (tertiary/aromatic N) is 1. The summed E-state index contributed by atoms with van der Waals surface area (Å²) >= 11 is 0. The van der Waals surface area contributed by atoms with E-state index < -0.39 is 0 Å². The van der Waals surface area contributed by atoms with Crippen LogP contribution in [0.1, 0.15) is 32.1 Å². The summed E-state index contributed by atoms with van der Waals surface area (Å²) in [6, 6.07) is 9.73. The predicted molar refractivity (Wildman–Crippen MR) is 97.0 cm³/mol. The average molecular weight is 402 g/mol. The Morgan fingerprint density at radius 2 is 1.86 bits per heavy atom. The highest BCUT2D eigenvalue weighted by Gasteiger charge is 2.13. The normalized spacial score (nSPS) is 15.9. The molecule has 2 rings (SSSR count). The van der Waals surface area contributed by atoms with Crippen molar-refractivity contribution in [3.05, 3.63) is 30.3 Å². The first-order chi connectivity index (χ1) is 9.74. The van der Waals surface area contributed by atoms with Crippen LogP contribution in [-0.2, 0) is 4.79 Å². The number of anilines is 1. The highest BCUT2D eigenvalue weighted by atomic mass is 127. The molecule has 0 atom stereocenters. The van der Waals surface area contributed by atoms with E-state index in [1.165, 1.54) is 19.3 Å². The van der Waals surface area contributed by atoms with E-state index in [0.717, 1.165) is 18.5 Å². The van der Waals surface area contributed by atoms with Gasteiger partial charge in [0.05, 0.1) is 0 Å². The third-order valence-electron chi connectivity index (χ3n) is 3.41. The van der Waals surface area contributed by atoms with E-state index >= 15 is 0 Å². The van der Waals surface area contributed by atoms with E-state index in [1.807, 2.05) is 30.3 Å². The fourth-order valence-corrected chi connectivity index (χ4v) is 2.38. The molecule has 1 aromatic rings. The lowest BCUT2D eigenvalue weighted by atomic mass is 9.96. The first kappa shape index (κ1) is 17.7. The molecule has 4 N–H and O–H groups in total. The second-order valence-electron chi connectivity index (χ2n) is 5.09. The zero-order valence-electron chi connectivity index (χ0n) is 12.0. The monoisotopic (exact) mass is 402 g/mol. The van der Waals surface area contributed by atoms with Crippen molar-refractivity contribution in [2.45, 2.75) is 38.1 Å². The van der Waals surface area contributed by atoms with Crippen LogP contribution in [0.3, 0.4) is 0 Å². The van der Waals surface area contributed by atoms with E-state index in [0.29, 0.717) is 12.0 Å². The Balaban J connectivity index is 0.00000220. The maximum Gasteiger partial charge on any atom is 0.246 e. The smallest absolute Gasteiger partial charge is 0.246 e. The van der Waals surface area contributed by atoms with Crippen LogP contribution in [0.25, 0.3) is 0 Å². The van der Waals surface area contributed by atoms with Crippen molar-refractivity contribution in [1.29, 1.82) is 0 Å². The molecule has 0 aromatic heterocycles. The van der Waals surface area contributed by atoms with E-state index in [-0.39, 0.29) is 36.4 Å². The molecular weight excluding hydrogens is 379 g/mol. The van der Waals surface area contributed by atoms with Crippen LogP contribution in [0, 0.1) is 0 Å². The van der Waals surface area contributed by atoms with E-state index in [1.54, 1.807) is 0 Å². The Labute approximate surface area is 142 Å². The lowest BCUT2D eigenvalue weighted by molar-refractivity contribution is -0.114. The van der Waals surface area contributed by atoms with Gasteiger partial charge in [-0.25, -0.2) is 4.99 Å². The summed E-state index contributed by atoms with van der Waals surface area (Å²) in [5, 5.41) is 5.96. The molecule has 1 aliphatic rings. The number of halogens is 1. The minimum atomic E-state index is -0.162. The van der Waals surface area contributed by atoms with Crippen LogP contribution in [0.15, 0.2) is 35.3 Å². The Morgan fingerprint density at radius 3 is 2.52 bits per heavy atom. The van der Waals surface area contributed by atoms with Gasteiger partial charge in [0, 0.05) is 11.7 Å². The third-order valence-corrected chi connectivity index (χ3v) is 3.41. The third kappa shape index (κ3) is 6.79. The van der Waals surface area contributed by atoms with Gasteiger partial charge in [-0.2, -0.15) is 0 Å². The molecule has 1 saturated carbocycles. The summed E-state index contributed by atoms with van der Waals surface area (Å²) in [6.45, 7) is 0.0421. The Bertz CT molecular complexity index is 458. The van der Waals surface area contributed by atoms with Gasteiger partial charge in [0.25, 0.3) is 0 Å². The number of carbonyl (C=O) groups excluding carboxylic acids is 1. The summed E-state index contributed by atoms with van der Waals surface area (Å²) in [7, 11) is 0. The molecule has 0 spiro atoms. The molecule has 1 fully saturated rings. The van der Waals surface area contributed by atoms with Gasteiger partial charge in [-0.15, -0.1) is 24.0 Å². The molecule has 1 aliphatic carbocycles. The summed E-state index contributed by atoms with van der Waals surface area (Å²) in [5.74, 6) is 0.199. The van der Waals surface area contributed by atoms with Crippen LogP contribution in [0.5, 0.6) is 0 Å². The van der Waals surface area contributed by atoms with Crippen molar-refractivity contribution in [2.75, 3.05) is 11.9 Å². The van der Waals surface area contributed by atoms with Crippen LogP contribution >= 0.6 is 24.0 Å². The molecule has 116 valence electrons. The van der Waals surface area contributed by atoms with Gasteiger partial charge in [-0.1, -0.05) is 37.5 Å². The van der Waals surface area contributed by atoms with Gasteiger partial charge in [0.15, 0.2) is 5.96 Å². The average Bonchev–Trinajstić information content (AvgIpc) is 2.47. The molecule has 5 nitrogen and oxygen atoms in total. The van der Waals surface area contributed by atoms with Gasteiger partial charge < -0.3 is 16.4 Å². The summed E-state index contributed by atoms with van der Waals surface area (Å²) in [4.78, 5) is 15.8. The standard InChI is InChI=1S/C15H22N4O.HI/c16-15(19-13-9-5-2-6-10-13)17-11-14(20)18-12-7-3-1-4-8-12;/h1,3-4,7-8,13H,2,5-6,9-11H2,(H,18,20)(H3,16,17,19);1H. The predicted octanol–water partition coefficient (Wildman–Crippen LogP) is 2.48. The quantitative estimate of drug-likeness (QED) is 0.411. The van der Waals surface area contributed by atoms with Crippen molar-refractivity contribution in [3.63, 3.8) is 0 Å². The molecule has 0 radical (unpaired) electrons. The Morgan fingerprint density at radius 1 is 1.19 bits per heavy atom. The molecule has 21 heavy (non-hydrogen) atoms. The van der Waals surface area contributed by atoms with Crippen LogP contribution in [-0.4, -0.2) is 24.5 Å². The highest BCUT2D eigenvalue weighted by molar-refractivity contribution is 14.0. The number of amides is 1. The Kier molecular flexibility index (Phi) is 8.11. The van der Waals surface area contributed by atoms with Crippen molar-refractivity contribution in [2.24, 2.45) is 10.7 Å². The first-order valence-corrected chi connectivity index (χ1v) is 7.15. The lowest BCUT2D eigenvalue weighted by Crippen LogP contribution is -2.41. The molecule has 0 saturated heterocycles. The molecule has 6 heteroatoms. The zero-order valence-corrected chi connectivity index (χ0v) is 14.4. The topological polar surface area (TPSA) is 79.5 Å². The van der Waals surface area contributed by atoms with Gasteiger partial charge in [-0.05, 0) is 25.0 Å². The zero-order chi connectivity index (χ0) is 14.2. The van der Waals surface area contributed by atoms with Crippen molar-refractivity contribution >= 4 is 41.5 Å². The number of benzene rings is 1. The first-order valence-electron chi connectivity index (χ1n) is 7.15. The highest BCUT2D eigenvalue weighted by Crippen LogP contribution is 2.16. The Hall–Kier alpha value is -1.31. The van der Waals surface area contributed by atoms with Gasteiger partial charge >= 0.3 is 0 Å². The number of nitrogens with two attached hydrogens (primary N) is 1. The second-order valence-corrected chi connectivity index (χ2v) is 5.09. The minimum Gasteiger partial charge on any atom is -0.370 e. The second kappa shape index (κ2) is 9.59. The number of guanidine groups is 1. The molecule has 0 aliphatic heterocycles. The van der Waals surface area contributed by atoms with Crippen LogP contribution < -0.4 is 16.4 Å². The summed E-state index contributed by atoms with van der Waals surface area (Å²) in [5.41, 5.74) is 6.58. The van der Waals surface area contributed by atoms with E-state index in [9.17, 15) is 4.79 Å². The molecule has 1 amide bonds. The van der Waals surface area contributed by atoms with Crippen molar-refractivity contribution < 1.29 is 4.79 Å². The number of carbonyl (C=O) groups is 1. The molecule has 0 unspecified atom stereocenters. The minimum absolute atomic E-state index is 0. The van der Waals surface area contributed by atoms with Crippen molar-refractivity contribution in [1.82, 2.24) is 5.32 Å². The van der Waals surface area contributed by atoms with Gasteiger partial charge in [-0.3, -0.25) is 4.79 Å². The van der Waals surface area contributed by atoms with Gasteiger partial charge in [0.2, 0.25) is 5.91 Å².